The molecule has 0 spiro atoms. The van der Waals surface area contributed by atoms with Gasteiger partial charge < -0.3 is 20.4 Å². The fourth-order valence-electron chi connectivity index (χ4n) is 2.08. The molecular formula is C22H20O4. The van der Waals surface area contributed by atoms with Crippen molar-refractivity contribution in [3.8, 4) is 23.0 Å². The quantitative estimate of drug-likeness (QED) is 0.359. The Bertz CT molecular complexity index is 844. The SMILES string of the molecule is Oc1ccc2cc(O)ccc2c1.Oc1ccccc1.Oc1ccccc1. The van der Waals surface area contributed by atoms with Crippen LogP contribution in [0.3, 0.4) is 0 Å². The minimum Gasteiger partial charge on any atom is -0.508 e. The van der Waals surface area contributed by atoms with E-state index in [0.717, 1.165) is 10.8 Å². The molecule has 4 aromatic carbocycles. The highest BCUT2D eigenvalue weighted by Gasteiger charge is 1.95. The van der Waals surface area contributed by atoms with E-state index in [1.54, 1.807) is 84.9 Å². The van der Waals surface area contributed by atoms with Gasteiger partial charge in [0.1, 0.15) is 23.0 Å². The van der Waals surface area contributed by atoms with Crippen LogP contribution in [-0.4, -0.2) is 20.4 Å². The minimum atomic E-state index is 0.244. The molecule has 0 amide bonds. The van der Waals surface area contributed by atoms with Gasteiger partial charge in [0.2, 0.25) is 0 Å². The first-order valence-electron chi connectivity index (χ1n) is 7.94. The van der Waals surface area contributed by atoms with Crippen molar-refractivity contribution >= 4 is 10.8 Å². The molecule has 0 unspecified atom stereocenters. The summed E-state index contributed by atoms with van der Waals surface area (Å²) in [6.45, 7) is 0. The van der Waals surface area contributed by atoms with E-state index in [2.05, 4.69) is 0 Å². The first-order valence-corrected chi connectivity index (χ1v) is 7.94. The van der Waals surface area contributed by atoms with E-state index in [-0.39, 0.29) is 11.5 Å². The molecule has 0 radical (unpaired) electrons. The van der Waals surface area contributed by atoms with Crippen molar-refractivity contribution in [3.63, 3.8) is 0 Å². The molecule has 0 saturated heterocycles. The topological polar surface area (TPSA) is 80.9 Å². The molecular weight excluding hydrogens is 328 g/mol. The first kappa shape index (κ1) is 18.7. The molecule has 4 nitrogen and oxygen atoms in total. The summed E-state index contributed by atoms with van der Waals surface area (Å²) in [6, 6.07) is 27.5. The molecule has 0 aliphatic heterocycles. The Morgan fingerprint density at radius 2 is 0.692 bits per heavy atom. The third kappa shape index (κ3) is 6.45. The van der Waals surface area contributed by atoms with Gasteiger partial charge in [0.25, 0.3) is 0 Å². The largest absolute Gasteiger partial charge is 0.508 e. The van der Waals surface area contributed by atoms with Gasteiger partial charge in [-0.1, -0.05) is 48.5 Å². The lowest BCUT2D eigenvalue weighted by molar-refractivity contribution is 0.474. The van der Waals surface area contributed by atoms with Crippen LogP contribution >= 0.6 is 0 Å². The van der Waals surface area contributed by atoms with Crippen LogP contribution in [0.25, 0.3) is 10.8 Å². The van der Waals surface area contributed by atoms with E-state index in [1.807, 2.05) is 12.1 Å². The minimum absolute atomic E-state index is 0.244. The average molecular weight is 348 g/mol. The van der Waals surface area contributed by atoms with Crippen molar-refractivity contribution in [2.45, 2.75) is 0 Å². The summed E-state index contributed by atoms with van der Waals surface area (Å²) in [7, 11) is 0. The van der Waals surface area contributed by atoms with Gasteiger partial charge in [-0.2, -0.15) is 0 Å². The van der Waals surface area contributed by atoms with Gasteiger partial charge in [0, 0.05) is 0 Å². The lowest BCUT2D eigenvalue weighted by Crippen LogP contribution is -1.71. The van der Waals surface area contributed by atoms with E-state index in [0.29, 0.717) is 11.5 Å². The van der Waals surface area contributed by atoms with Crippen LogP contribution in [0.4, 0.5) is 0 Å². The number of phenolic OH excluding ortho intramolecular Hbond substituents is 4. The number of hydrogen-bond donors (Lipinski definition) is 4. The predicted octanol–water partition coefficient (Wildman–Crippen LogP) is 5.04. The summed E-state index contributed by atoms with van der Waals surface area (Å²) in [6.07, 6.45) is 0. The molecule has 0 heterocycles. The van der Waals surface area contributed by atoms with Crippen LogP contribution in [-0.2, 0) is 0 Å². The van der Waals surface area contributed by atoms with Crippen molar-refractivity contribution in [3.05, 3.63) is 97.1 Å². The smallest absolute Gasteiger partial charge is 0.116 e. The first-order chi connectivity index (χ1) is 12.5. The number of fused-ring (bicyclic) bond motifs is 1. The molecule has 0 atom stereocenters. The Morgan fingerprint density at radius 3 is 0.962 bits per heavy atom. The molecule has 0 bridgehead atoms. The van der Waals surface area contributed by atoms with Gasteiger partial charge >= 0.3 is 0 Å². The maximum Gasteiger partial charge on any atom is 0.116 e. The number of aromatic hydroxyl groups is 4. The van der Waals surface area contributed by atoms with E-state index in [4.69, 9.17) is 20.4 Å². The highest BCUT2D eigenvalue weighted by Crippen LogP contribution is 2.23. The van der Waals surface area contributed by atoms with Crippen LogP contribution in [0.15, 0.2) is 97.1 Å². The van der Waals surface area contributed by atoms with Crippen LogP contribution < -0.4 is 0 Å². The molecule has 0 aromatic heterocycles. The summed E-state index contributed by atoms with van der Waals surface area (Å²) in [5.74, 6) is 1.13. The van der Waals surface area contributed by atoms with Crippen molar-refractivity contribution in [1.82, 2.24) is 0 Å². The second-order valence-electron chi connectivity index (χ2n) is 5.39. The molecule has 0 aliphatic rings. The lowest BCUT2D eigenvalue weighted by Gasteiger charge is -1.98. The molecule has 132 valence electrons. The Morgan fingerprint density at radius 1 is 0.346 bits per heavy atom. The highest BCUT2D eigenvalue weighted by atomic mass is 16.3. The van der Waals surface area contributed by atoms with Gasteiger partial charge in [0.15, 0.2) is 0 Å². The molecule has 0 saturated carbocycles. The standard InChI is InChI=1S/C10H8O2.2C6H6O/c11-9-3-1-7-5-10(12)4-2-8(7)6-9;2*7-6-4-2-1-3-5-6/h1-6,11-12H;2*1-5,7H. The number of hydrogen-bond acceptors (Lipinski definition) is 4. The maximum atomic E-state index is 9.14. The van der Waals surface area contributed by atoms with E-state index < -0.39 is 0 Å². The fraction of sp³-hybridized carbons (Fsp3) is 0. The van der Waals surface area contributed by atoms with E-state index in [9.17, 15) is 0 Å². The summed E-state index contributed by atoms with van der Waals surface area (Å²) >= 11 is 0. The van der Waals surface area contributed by atoms with E-state index >= 15 is 0 Å². The summed E-state index contributed by atoms with van der Waals surface area (Å²) in [5, 5.41) is 37.4. The Labute approximate surface area is 151 Å². The molecule has 0 aliphatic carbocycles. The zero-order valence-electron chi connectivity index (χ0n) is 14.0. The van der Waals surface area contributed by atoms with Crippen molar-refractivity contribution in [2.75, 3.05) is 0 Å². The van der Waals surface area contributed by atoms with E-state index in [1.165, 1.54) is 0 Å². The van der Waals surface area contributed by atoms with Gasteiger partial charge in [0.05, 0.1) is 0 Å². The molecule has 4 rings (SSSR count). The third-order valence-corrected chi connectivity index (χ3v) is 3.32. The Kier molecular flexibility index (Phi) is 6.89. The second-order valence-corrected chi connectivity index (χ2v) is 5.39. The molecule has 26 heavy (non-hydrogen) atoms. The lowest BCUT2D eigenvalue weighted by atomic mass is 10.1. The van der Waals surface area contributed by atoms with Crippen molar-refractivity contribution in [1.29, 1.82) is 0 Å². The molecule has 4 heteroatoms. The molecule has 4 aromatic rings. The van der Waals surface area contributed by atoms with Gasteiger partial charge in [-0.05, 0) is 59.3 Å². The normalized spacial score (nSPS) is 9.38. The van der Waals surface area contributed by atoms with Crippen LogP contribution in [0, 0.1) is 0 Å². The average Bonchev–Trinajstić information content (AvgIpc) is 2.64. The maximum absolute atomic E-state index is 9.14. The van der Waals surface area contributed by atoms with Gasteiger partial charge in [-0.25, -0.2) is 0 Å². The fourth-order valence-corrected chi connectivity index (χ4v) is 2.08. The second kappa shape index (κ2) is 9.59. The number of benzene rings is 4. The number of rotatable bonds is 0. The van der Waals surface area contributed by atoms with Crippen molar-refractivity contribution < 1.29 is 20.4 Å². The van der Waals surface area contributed by atoms with Crippen molar-refractivity contribution in [2.24, 2.45) is 0 Å². The Hall–Kier alpha value is -3.66. The zero-order valence-corrected chi connectivity index (χ0v) is 14.0. The summed E-state index contributed by atoms with van der Waals surface area (Å²) in [5.41, 5.74) is 0. The highest BCUT2D eigenvalue weighted by molar-refractivity contribution is 5.84. The summed E-state index contributed by atoms with van der Waals surface area (Å²) < 4.78 is 0. The Balaban J connectivity index is 0.000000150. The molecule has 0 fully saturated rings. The van der Waals surface area contributed by atoms with Gasteiger partial charge in [-0.3, -0.25) is 0 Å². The summed E-state index contributed by atoms with van der Waals surface area (Å²) in [4.78, 5) is 0. The van der Waals surface area contributed by atoms with Gasteiger partial charge in [-0.15, -0.1) is 0 Å². The number of phenols is 4. The monoisotopic (exact) mass is 348 g/mol. The van der Waals surface area contributed by atoms with Crippen LogP contribution in [0.5, 0.6) is 23.0 Å². The number of para-hydroxylation sites is 2. The predicted molar refractivity (Wildman–Crippen MR) is 103 cm³/mol. The molecule has 4 N–H and O–H groups in total. The zero-order chi connectivity index (χ0) is 18.8. The van der Waals surface area contributed by atoms with Crippen LogP contribution in [0.2, 0.25) is 0 Å². The van der Waals surface area contributed by atoms with Crippen LogP contribution in [0.1, 0.15) is 0 Å². The third-order valence-electron chi connectivity index (χ3n) is 3.32.